The fraction of sp³-hybridized carbons (Fsp3) is 0.393. The Labute approximate surface area is 220 Å². The topological polar surface area (TPSA) is 157 Å². The number of benzene rings is 1. The standard InChI is InChI=1S/C28H33N3O7/c1-5-16(13-30-6-2)27(35)37-21-12-18-24(34)23-20(33)11-17(14-32)36-26(23)19(25(18)38-28(21,3)4)9-15-7-8-31-22(29)10-15/h5,7-8,10-11,21,30,32,34H,6,9,12-14H2,1-4H3,(H2,29,31)/b16-5-/t21-/m1/s1. The molecule has 0 amide bonds. The highest BCUT2D eigenvalue weighted by Crippen LogP contribution is 2.46. The number of carbonyl (C=O) groups is 1. The van der Waals surface area contributed by atoms with E-state index in [0.29, 0.717) is 41.4 Å². The van der Waals surface area contributed by atoms with E-state index in [-0.39, 0.29) is 35.3 Å². The summed E-state index contributed by atoms with van der Waals surface area (Å²) >= 11 is 0. The molecule has 3 heterocycles. The average Bonchev–Trinajstić information content (AvgIpc) is 2.87. The van der Waals surface area contributed by atoms with Crippen LogP contribution in [-0.4, -0.2) is 46.0 Å². The van der Waals surface area contributed by atoms with Crippen molar-refractivity contribution in [3.05, 3.63) is 68.7 Å². The lowest BCUT2D eigenvalue weighted by atomic mass is 9.86. The quantitative estimate of drug-likeness (QED) is 0.256. The fourth-order valence-electron chi connectivity index (χ4n) is 4.58. The van der Waals surface area contributed by atoms with Crippen molar-refractivity contribution in [3.63, 3.8) is 0 Å². The number of phenolic OH excluding ortho intramolecular Hbond substituents is 1. The number of pyridine rings is 1. The summed E-state index contributed by atoms with van der Waals surface area (Å²) in [5, 5.41) is 24.0. The molecule has 1 aromatic carbocycles. The number of hydrogen-bond donors (Lipinski definition) is 4. The van der Waals surface area contributed by atoms with Gasteiger partial charge in [0.2, 0.25) is 0 Å². The summed E-state index contributed by atoms with van der Waals surface area (Å²) in [6, 6.07) is 4.62. The van der Waals surface area contributed by atoms with Gasteiger partial charge in [-0.3, -0.25) is 4.79 Å². The molecule has 1 aliphatic rings. The molecule has 0 saturated heterocycles. The molecule has 10 nitrogen and oxygen atoms in total. The number of carbonyl (C=O) groups excluding carboxylic acids is 1. The molecular formula is C28H33N3O7. The van der Waals surface area contributed by atoms with Crippen LogP contribution in [0.3, 0.4) is 0 Å². The lowest BCUT2D eigenvalue weighted by Gasteiger charge is -2.40. The molecule has 38 heavy (non-hydrogen) atoms. The molecule has 0 bridgehead atoms. The molecule has 0 unspecified atom stereocenters. The zero-order chi connectivity index (χ0) is 27.6. The van der Waals surface area contributed by atoms with Crippen LogP contribution < -0.4 is 21.2 Å². The van der Waals surface area contributed by atoms with Crippen LogP contribution in [0, 0.1) is 0 Å². The van der Waals surface area contributed by atoms with Gasteiger partial charge >= 0.3 is 5.97 Å². The largest absolute Gasteiger partial charge is 0.507 e. The van der Waals surface area contributed by atoms with E-state index in [1.54, 1.807) is 45.2 Å². The number of aromatic hydroxyl groups is 1. The van der Waals surface area contributed by atoms with E-state index < -0.39 is 29.7 Å². The Morgan fingerprint density at radius 3 is 2.79 bits per heavy atom. The Balaban J connectivity index is 1.85. The van der Waals surface area contributed by atoms with E-state index in [0.717, 1.165) is 11.6 Å². The van der Waals surface area contributed by atoms with E-state index in [1.165, 1.54) is 0 Å². The predicted molar refractivity (Wildman–Crippen MR) is 142 cm³/mol. The van der Waals surface area contributed by atoms with Crippen LogP contribution in [0.5, 0.6) is 11.5 Å². The summed E-state index contributed by atoms with van der Waals surface area (Å²) in [5.74, 6) is -0.0822. The number of nitrogens with one attached hydrogen (secondary N) is 1. The first-order valence-corrected chi connectivity index (χ1v) is 12.5. The van der Waals surface area contributed by atoms with E-state index in [9.17, 15) is 19.8 Å². The van der Waals surface area contributed by atoms with Gasteiger partial charge in [0, 0.05) is 48.3 Å². The molecular weight excluding hydrogens is 490 g/mol. The van der Waals surface area contributed by atoms with E-state index >= 15 is 0 Å². The van der Waals surface area contributed by atoms with Crippen LogP contribution in [0.25, 0.3) is 11.0 Å². The lowest BCUT2D eigenvalue weighted by Crippen LogP contribution is -2.49. The second-order valence-corrected chi connectivity index (χ2v) is 9.74. The summed E-state index contributed by atoms with van der Waals surface area (Å²) in [5.41, 5.74) is 6.60. The van der Waals surface area contributed by atoms with Gasteiger partial charge in [0.25, 0.3) is 0 Å². The first-order valence-electron chi connectivity index (χ1n) is 12.5. The molecule has 1 atom stereocenters. The van der Waals surface area contributed by atoms with E-state index in [2.05, 4.69) is 10.3 Å². The summed E-state index contributed by atoms with van der Waals surface area (Å²) in [6.45, 7) is 7.87. The average molecular weight is 524 g/mol. The maximum Gasteiger partial charge on any atom is 0.335 e. The molecule has 2 aromatic heterocycles. The number of hydrogen-bond acceptors (Lipinski definition) is 10. The van der Waals surface area contributed by atoms with Crippen LogP contribution in [0.1, 0.15) is 50.1 Å². The number of aliphatic hydroxyl groups is 1. The van der Waals surface area contributed by atoms with Crippen molar-refractivity contribution < 1.29 is 28.9 Å². The highest BCUT2D eigenvalue weighted by atomic mass is 16.6. The van der Waals surface area contributed by atoms with Gasteiger partial charge in [0.05, 0.1) is 0 Å². The number of ether oxygens (including phenoxy) is 2. The molecule has 0 spiro atoms. The van der Waals surface area contributed by atoms with Crippen molar-refractivity contribution in [2.45, 2.75) is 58.8 Å². The number of aliphatic hydroxyl groups excluding tert-OH is 1. The second-order valence-electron chi connectivity index (χ2n) is 9.74. The number of anilines is 1. The zero-order valence-electron chi connectivity index (χ0n) is 22.0. The van der Waals surface area contributed by atoms with Gasteiger partial charge in [0.15, 0.2) is 5.43 Å². The Hall–Kier alpha value is -3.89. The smallest absolute Gasteiger partial charge is 0.335 e. The third-order valence-electron chi connectivity index (χ3n) is 6.68. The van der Waals surface area contributed by atoms with Crippen LogP contribution >= 0.6 is 0 Å². The minimum absolute atomic E-state index is 0.0346. The molecule has 1 aliphatic heterocycles. The van der Waals surface area contributed by atoms with Crippen molar-refractivity contribution in [3.8, 4) is 11.5 Å². The number of nitrogens with two attached hydrogens (primary N) is 1. The molecule has 0 fully saturated rings. The summed E-state index contributed by atoms with van der Waals surface area (Å²) in [4.78, 5) is 30.0. The number of fused-ring (bicyclic) bond motifs is 2. The van der Waals surface area contributed by atoms with E-state index in [1.807, 2.05) is 6.92 Å². The minimum Gasteiger partial charge on any atom is -0.507 e. The molecule has 202 valence electrons. The summed E-state index contributed by atoms with van der Waals surface area (Å²) < 4.78 is 18.2. The van der Waals surface area contributed by atoms with Crippen LogP contribution in [0.15, 0.2) is 45.3 Å². The van der Waals surface area contributed by atoms with Gasteiger partial charge in [-0.1, -0.05) is 13.0 Å². The number of aromatic nitrogens is 1. The number of esters is 1. The summed E-state index contributed by atoms with van der Waals surface area (Å²) in [7, 11) is 0. The van der Waals surface area contributed by atoms with Crippen molar-refractivity contribution in [1.29, 1.82) is 0 Å². The molecule has 5 N–H and O–H groups in total. The van der Waals surface area contributed by atoms with Gasteiger partial charge in [-0.2, -0.15) is 0 Å². The zero-order valence-corrected chi connectivity index (χ0v) is 22.0. The Morgan fingerprint density at radius 1 is 1.37 bits per heavy atom. The molecule has 0 saturated carbocycles. The first-order chi connectivity index (χ1) is 18.1. The molecule has 4 rings (SSSR count). The SMILES string of the molecule is C/C=C(/CNCC)C(=O)O[C@@H]1Cc2c(c(Cc3ccnc(N)c3)c3oc(CO)cc(=O)c3c2O)OC1(C)C. The maximum atomic E-state index is 13.0. The van der Waals surface area contributed by atoms with Gasteiger partial charge in [-0.25, -0.2) is 9.78 Å². The third-order valence-corrected chi connectivity index (χ3v) is 6.68. The second kappa shape index (κ2) is 10.8. The number of rotatable bonds is 8. The van der Waals surface area contributed by atoms with Gasteiger partial charge in [0.1, 0.15) is 52.4 Å². The Bertz CT molecular complexity index is 1460. The highest BCUT2D eigenvalue weighted by Gasteiger charge is 2.43. The molecule has 3 aromatic rings. The van der Waals surface area contributed by atoms with Crippen LogP contribution in [-0.2, 0) is 29.0 Å². The Kier molecular flexibility index (Phi) is 7.75. The Morgan fingerprint density at radius 2 is 2.13 bits per heavy atom. The van der Waals surface area contributed by atoms with Gasteiger partial charge < -0.3 is 35.2 Å². The molecule has 10 heteroatoms. The first kappa shape index (κ1) is 27.2. The van der Waals surface area contributed by atoms with Crippen LogP contribution in [0.4, 0.5) is 5.82 Å². The highest BCUT2D eigenvalue weighted by molar-refractivity contribution is 5.91. The maximum absolute atomic E-state index is 13.0. The number of nitrogen functional groups attached to an aromatic ring is 1. The van der Waals surface area contributed by atoms with Crippen molar-refractivity contribution in [2.24, 2.45) is 0 Å². The number of nitrogens with zero attached hydrogens (tertiary/aromatic N) is 1. The fourth-order valence-corrected chi connectivity index (χ4v) is 4.58. The van der Waals surface area contributed by atoms with Crippen molar-refractivity contribution >= 4 is 22.8 Å². The number of likely N-dealkylation sites (N-methyl/N-ethyl adjacent to an activating group) is 1. The normalized spacial score (nSPS) is 16.7. The van der Waals surface area contributed by atoms with E-state index in [4.69, 9.17) is 19.6 Å². The minimum atomic E-state index is -0.985. The molecule has 0 aliphatic carbocycles. The predicted octanol–water partition coefficient (Wildman–Crippen LogP) is 2.74. The monoisotopic (exact) mass is 523 g/mol. The number of phenols is 1. The van der Waals surface area contributed by atoms with Crippen molar-refractivity contribution in [1.82, 2.24) is 10.3 Å². The summed E-state index contributed by atoms with van der Waals surface area (Å²) in [6.07, 6.45) is 2.87. The third kappa shape index (κ3) is 5.23. The number of allylic oxidation sites excluding steroid dienone is 1. The lowest BCUT2D eigenvalue weighted by molar-refractivity contribution is -0.156. The van der Waals surface area contributed by atoms with Crippen LogP contribution in [0.2, 0.25) is 0 Å². The molecule has 0 radical (unpaired) electrons. The van der Waals surface area contributed by atoms with Gasteiger partial charge in [-0.05, 0) is 45.0 Å². The van der Waals surface area contributed by atoms with Crippen molar-refractivity contribution in [2.75, 3.05) is 18.8 Å². The van der Waals surface area contributed by atoms with Gasteiger partial charge in [-0.15, -0.1) is 0 Å².